The van der Waals surface area contributed by atoms with Crippen LogP contribution in [0.2, 0.25) is 0 Å². The Bertz CT molecular complexity index is 672. The van der Waals surface area contributed by atoms with E-state index in [4.69, 9.17) is 4.99 Å². The summed E-state index contributed by atoms with van der Waals surface area (Å²) in [6.07, 6.45) is 1.37. The summed E-state index contributed by atoms with van der Waals surface area (Å²) in [5.74, 6) is 3.08. The number of aliphatic imine (C=N–C) groups is 1. The molecule has 162 valence electrons. The van der Waals surface area contributed by atoms with Crippen molar-refractivity contribution < 1.29 is 4.79 Å². The predicted octanol–water partition coefficient (Wildman–Crippen LogP) is 3.97. The number of carbonyl (C=O) groups is 1. The van der Waals surface area contributed by atoms with Crippen molar-refractivity contribution in [3.05, 3.63) is 35.4 Å². The van der Waals surface area contributed by atoms with Crippen LogP contribution in [-0.4, -0.2) is 58.8 Å². The van der Waals surface area contributed by atoms with E-state index < -0.39 is 0 Å². The minimum atomic E-state index is 0. The number of benzene rings is 1. The van der Waals surface area contributed by atoms with Crippen LogP contribution in [0.4, 0.5) is 0 Å². The second-order valence-electron chi connectivity index (χ2n) is 7.96. The van der Waals surface area contributed by atoms with Crippen molar-refractivity contribution in [1.29, 1.82) is 0 Å². The summed E-state index contributed by atoms with van der Waals surface area (Å²) in [6.45, 7) is 11.9. The first-order chi connectivity index (χ1) is 13.6. The molecule has 2 heterocycles. The molecule has 1 aromatic rings. The van der Waals surface area contributed by atoms with Crippen molar-refractivity contribution >= 4 is 47.6 Å². The Labute approximate surface area is 197 Å². The zero-order chi connectivity index (χ0) is 19.9. The van der Waals surface area contributed by atoms with E-state index in [1.54, 1.807) is 0 Å². The molecule has 0 aromatic heterocycles. The van der Waals surface area contributed by atoms with Crippen molar-refractivity contribution in [2.75, 3.05) is 31.9 Å². The Morgan fingerprint density at radius 3 is 2.55 bits per heavy atom. The zero-order valence-electron chi connectivity index (χ0n) is 17.9. The van der Waals surface area contributed by atoms with Crippen molar-refractivity contribution in [1.82, 2.24) is 15.1 Å². The van der Waals surface area contributed by atoms with Gasteiger partial charge in [-0.05, 0) is 30.4 Å². The van der Waals surface area contributed by atoms with Crippen LogP contribution in [0.1, 0.15) is 44.7 Å². The summed E-state index contributed by atoms with van der Waals surface area (Å²) in [5, 5.41) is 4.10. The Morgan fingerprint density at radius 2 is 1.93 bits per heavy atom. The standard InChI is InChI=1S/C22H34N4OS.HI/c1-4-23-22(25-12-13-28-20(16-25)17(2)3)24-11-7-10-21(27)26-14-18-8-5-6-9-19(18)15-26;/h5-6,8-9,17,20H,4,7,10-16H2,1-3H3,(H,23,24);1H. The second kappa shape index (κ2) is 12.0. The van der Waals surface area contributed by atoms with Gasteiger partial charge in [-0.3, -0.25) is 9.79 Å². The van der Waals surface area contributed by atoms with E-state index in [2.05, 4.69) is 54.9 Å². The highest BCUT2D eigenvalue weighted by Gasteiger charge is 2.25. The first-order valence-corrected chi connectivity index (χ1v) is 11.6. The second-order valence-corrected chi connectivity index (χ2v) is 9.30. The first-order valence-electron chi connectivity index (χ1n) is 10.6. The summed E-state index contributed by atoms with van der Waals surface area (Å²) in [5.41, 5.74) is 2.57. The number of hydrogen-bond acceptors (Lipinski definition) is 3. The van der Waals surface area contributed by atoms with Crippen molar-refractivity contribution in [3.8, 4) is 0 Å². The van der Waals surface area contributed by atoms with Crippen LogP contribution in [-0.2, 0) is 17.9 Å². The molecule has 2 aliphatic rings. The average molecular weight is 531 g/mol. The maximum Gasteiger partial charge on any atom is 0.223 e. The van der Waals surface area contributed by atoms with Gasteiger partial charge >= 0.3 is 0 Å². The van der Waals surface area contributed by atoms with Crippen LogP contribution >= 0.6 is 35.7 Å². The fourth-order valence-corrected chi connectivity index (χ4v) is 5.08. The lowest BCUT2D eigenvalue weighted by Gasteiger charge is -2.36. The number of carbonyl (C=O) groups excluding carboxylic acids is 1. The summed E-state index contributed by atoms with van der Waals surface area (Å²) < 4.78 is 0. The topological polar surface area (TPSA) is 47.9 Å². The molecule has 2 aliphatic heterocycles. The number of nitrogens with zero attached hydrogens (tertiary/aromatic N) is 3. The van der Waals surface area contributed by atoms with Crippen LogP contribution in [0.5, 0.6) is 0 Å². The quantitative estimate of drug-likeness (QED) is 0.262. The summed E-state index contributed by atoms with van der Waals surface area (Å²) in [4.78, 5) is 21.7. The number of nitrogens with one attached hydrogen (secondary N) is 1. The maximum absolute atomic E-state index is 12.6. The normalized spacial score (nSPS) is 19.2. The molecule has 1 N–H and O–H groups in total. The van der Waals surface area contributed by atoms with E-state index in [1.165, 1.54) is 11.1 Å². The zero-order valence-corrected chi connectivity index (χ0v) is 21.0. The molecule has 0 bridgehead atoms. The van der Waals surface area contributed by atoms with E-state index in [9.17, 15) is 4.79 Å². The first kappa shape index (κ1) is 24.3. The Morgan fingerprint density at radius 1 is 1.24 bits per heavy atom. The van der Waals surface area contributed by atoms with Gasteiger partial charge in [-0.25, -0.2) is 0 Å². The van der Waals surface area contributed by atoms with Gasteiger partial charge in [0.2, 0.25) is 5.91 Å². The number of thioether (sulfide) groups is 1. The molecule has 3 rings (SSSR count). The SMILES string of the molecule is CCNC(=NCCCC(=O)N1Cc2ccccc2C1)N1CCSC(C(C)C)C1.I. The van der Waals surface area contributed by atoms with Gasteiger partial charge in [-0.1, -0.05) is 38.1 Å². The number of hydrogen-bond donors (Lipinski definition) is 1. The molecule has 1 amide bonds. The van der Waals surface area contributed by atoms with Gasteiger partial charge in [0.05, 0.1) is 0 Å². The third-order valence-corrected chi connectivity index (χ3v) is 7.02. The van der Waals surface area contributed by atoms with Crippen molar-refractivity contribution in [2.45, 2.75) is 52.0 Å². The largest absolute Gasteiger partial charge is 0.357 e. The molecule has 0 saturated carbocycles. The molecule has 0 spiro atoms. The van der Waals surface area contributed by atoms with Crippen LogP contribution in [0, 0.1) is 5.92 Å². The van der Waals surface area contributed by atoms with Gasteiger partial charge in [0, 0.05) is 56.7 Å². The molecular formula is C22H35IN4OS. The maximum atomic E-state index is 12.6. The molecule has 5 nitrogen and oxygen atoms in total. The van der Waals surface area contributed by atoms with E-state index in [1.807, 2.05) is 17.0 Å². The van der Waals surface area contributed by atoms with Crippen LogP contribution in [0.3, 0.4) is 0 Å². The number of halogens is 1. The molecule has 1 atom stereocenters. The monoisotopic (exact) mass is 530 g/mol. The molecule has 1 aromatic carbocycles. The molecular weight excluding hydrogens is 495 g/mol. The number of amides is 1. The highest BCUT2D eigenvalue weighted by Crippen LogP contribution is 2.25. The van der Waals surface area contributed by atoms with E-state index in [0.717, 1.165) is 50.9 Å². The smallest absolute Gasteiger partial charge is 0.223 e. The molecule has 0 radical (unpaired) electrons. The van der Waals surface area contributed by atoms with E-state index in [-0.39, 0.29) is 29.9 Å². The lowest BCUT2D eigenvalue weighted by molar-refractivity contribution is -0.131. The predicted molar refractivity (Wildman–Crippen MR) is 134 cm³/mol. The highest BCUT2D eigenvalue weighted by molar-refractivity contribution is 14.0. The fourth-order valence-electron chi connectivity index (χ4n) is 3.78. The average Bonchev–Trinajstić information content (AvgIpc) is 3.14. The van der Waals surface area contributed by atoms with Crippen molar-refractivity contribution in [2.24, 2.45) is 10.9 Å². The van der Waals surface area contributed by atoms with Gasteiger partial charge in [0.1, 0.15) is 0 Å². The molecule has 1 unspecified atom stereocenters. The molecule has 1 fully saturated rings. The summed E-state index contributed by atoms with van der Waals surface area (Å²) >= 11 is 2.08. The Kier molecular flexibility index (Phi) is 10.1. The van der Waals surface area contributed by atoms with Crippen LogP contribution in [0.25, 0.3) is 0 Å². The number of guanidine groups is 1. The van der Waals surface area contributed by atoms with Gasteiger partial charge in [0.25, 0.3) is 0 Å². The minimum Gasteiger partial charge on any atom is -0.357 e. The molecule has 7 heteroatoms. The molecule has 29 heavy (non-hydrogen) atoms. The molecule has 0 aliphatic carbocycles. The lowest BCUT2D eigenvalue weighted by Crippen LogP contribution is -2.49. The highest BCUT2D eigenvalue weighted by atomic mass is 127. The summed E-state index contributed by atoms with van der Waals surface area (Å²) in [6, 6.07) is 8.34. The number of fused-ring (bicyclic) bond motifs is 1. The Balaban J connectivity index is 0.00000300. The lowest BCUT2D eigenvalue weighted by atomic mass is 10.1. The minimum absolute atomic E-state index is 0. The van der Waals surface area contributed by atoms with Crippen molar-refractivity contribution in [3.63, 3.8) is 0 Å². The Hall–Kier alpha value is -0.960. The van der Waals surface area contributed by atoms with Gasteiger partial charge in [0.15, 0.2) is 5.96 Å². The number of rotatable bonds is 6. The fraction of sp³-hybridized carbons (Fsp3) is 0.636. The van der Waals surface area contributed by atoms with E-state index >= 15 is 0 Å². The van der Waals surface area contributed by atoms with Gasteiger partial charge in [-0.2, -0.15) is 11.8 Å². The van der Waals surface area contributed by atoms with E-state index in [0.29, 0.717) is 24.1 Å². The van der Waals surface area contributed by atoms with Crippen LogP contribution < -0.4 is 5.32 Å². The third kappa shape index (κ3) is 6.77. The molecule has 1 saturated heterocycles. The summed E-state index contributed by atoms with van der Waals surface area (Å²) in [7, 11) is 0. The van der Waals surface area contributed by atoms with Gasteiger partial charge < -0.3 is 15.1 Å². The van der Waals surface area contributed by atoms with Gasteiger partial charge in [-0.15, -0.1) is 24.0 Å². The third-order valence-electron chi connectivity index (χ3n) is 5.48. The van der Waals surface area contributed by atoms with Crippen LogP contribution in [0.15, 0.2) is 29.3 Å².